The van der Waals surface area contributed by atoms with Crippen LogP contribution in [0.5, 0.6) is 0 Å². The third-order valence-corrected chi connectivity index (χ3v) is 2.31. The lowest BCUT2D eigenvalue weighted by atomic mass is 10.2. The Morgan fingerprint density at radius 2 is 2.29 bits per heavy atom. The first-order valence-electron chi connectivity index (χ1n) is 4.28. The Labute approximate surface area is 88.1 Å². The molecule has 0 saturated heterocycles. The Balaban J connectivity index is 2.75. The minimum atomic E-state index is -0.0187. The topological polar surface area (TPSA) is 55.1 Å². The summed E-state index contributed by atoms with van der Waals surface area (Å²) in [5.41, 5.74) is 8.09. The maximum absolute atomic E-state index is 11.3. The number of hydrogen-bond donors (Lipinski definition) is 2. The third kappa shape index (κ3) is 2.96. The molecule has 0 aromatic heterocycles. The van der Waals surface area contributed by atoms with Crippen molar-refractivity contribution >= 4 is 29.0 Å². The molecule has 1 aromatic carbocycles. The highest BCUT2D eigenvalue weighted by Gasteiger charge is 2.03. The van der Waals surface area contributed by atoms with Crippen molar-refractivity contribution in [3.8, 4) is 0 Å². The fourth-order valence-corrected chi connectivity index (χ4v) is 1.43. The van der Waals surface area contributed by atoms with Gasteiger partial charge in [-0.15, -0.1) is 0 Å². The molecule has 1 rings (SSSR count). The SMILES string of the molecule is CSCC(=O)Nc1cc(C)ccc1N. The lowest BCUT2D eigenvalue weighted by molar-refractivity contribution is -0.113. The molecule has 3 N–H and O–H groups in total. The van der Waals surface area contributed by atoms with Crippen molar-refractivity contribution in [2.45, 2.75) is 6.92 Å². The molecule has 3 nitrogen and oxygen atoms in total. The van der Waals surface area contributed by atoms with Gasteiger partial charge in [0, 0.05) is 0 Å². The number of carbonyl (C=O) groups is 1. The number of anilines is 2. The quantitative estimate of drug-likeness (QED) is 0.749. The standard InChI is InChI=1S/C10H14N2OS/c1-7-3-4-8(11)9(5-7)12-10(13)6-14-2/h3-5H,6,11H2,1-2H3,(H,12,13). The second kappa shape index (κ2) is 4.91. The zero-order chi connectivity index (χ0) is 10.6. The van der Waals surface area contributed by atoms with Crippen molar-refractivity contribution < 1.29 is 4.79 Å². The average molecular weight is 210 g/mol. The largest absolute Gasteiger partial charge is 0.397 e. The Bertz CT molecular complexity index is 339. The van der Waals surface area contributed by atoms with E-state index in [4.69, 9.17) is 5.73 Å². The van der Waals surface area contributed by atoms with Crippen molar-refractivity contribution in [1.82, 2.24) is 0 Å². The van der Waals surface area contributed by atoms with Crippen molar-refractivity contribution in [3.05, 3.63) is 23.8 Å². The number of hydrogen-bond acceptors (Lipinski definition) is 3. The number of rotatable bonds is 3. The summed E-state index contributed by atoms with van der Waals surface area (Å²) in [5.74, 6) is 0.433. The average Bonchev–Trinajstić information content (AvgIpc) is 2.12. The second-order valence-corrected chi connectivity index (χ2v) is 3.94. The molecule has 0 heterocycles. The summed E-state index contributed by atoms with van der Waals surface area (Å²) in [5, 5.41) is 2.77. The first-order chi connectivity index (χ1) is 6.63. The summed E-state index contributed by atoms with van der Waals surface area (Å²) in [4.78, 5) is 11.3. The molecule has 0 radical (unpaired) electrons. The number of nitrogens with two attached hydrogens (primary N) is 1. The van der Waals surface area contributed by atoms with Gasteiger partial charge >= 0.3 is 0 Å². The van der Waals surface area contributed by atoms with Crippen molar-refractivity contribution in [2.75, 3.05) is 23.1 Å². The first kappa shape index (κ1) is 10.9. The molecule has 76 valence electrons. The predicted molar refractivity (Wildman–Crippen MR) is 62.6 cm³/mol. The van der Waals surface area contributed by atoms with Crippen molar-refractivity contribution in [2.24, 2.45) is 0 Å². The summed E-state index contributed by atoms with van der Waals surface area (Å²) in [6.45, 7) is 1.96. The fraction of sp³-hybridized carbons (Fsp3) is 0.300. The first-order valence-corrected chi connectivity index (χ1v) is 5.68. The van der Waals surface area contributed by atoms with E-state index in [1.54, 1.807) is 6.07 Å². The highest BCUT2D eigenvalue weighted by molar-refractivity contribution is 7.99. The monoisotopic (exact) mass is 210 g/mol. The van der Waals surface area contributed by atoms with Crippen molar-refractivity contribution in [1.29, 1.82) is 0 Å². The van der Waals surface area contributed by atoms with E-state index in [1.807, 2.05) is 25.3 Å². The van der Waals surface area contributed by atoms with Crippen LogP contribution in [0.1, 0.15) is 5.56 Å². The van der Waals surface area contributed by atoms with Gasteiger partial charge in [0.15, 0.2) is 0 Å². The zero-order valence-electron chi connectivity index (χ0n) is 8.33. The summed E-state index contributed by atoms with van der Waals surface area (Å²) < 4.78 is 0. The van der Waals surface area contributed by atoms with Gasteiger partial charge in [0.25, 0.3) is 0 Å². The molecular weight excluding hydrogens is 196 g/mol. The molecule has 1 amide bonds. The number of thioether (sulfide) groups is 1. The number of amides is 1. The smallest absolute Gasteiger partial charge is 0.234 e. The van der Waals surface area contributed by atoms with E-state index in [-0.39, 0.29) is 5.91 Å². The number of nitrogens with one attached hydrogen (secondary N) is 1. The number of aryl methyl sites for hydroxylation is 1. The van der Waals surface area contributed by atoms with E-state index in [2.05, 4.69) is 5.32 Å². The molecule has 0 aliphatic rings. The van der Waals surface area contributed by atoms with Crippen LogP contribution in [0.15, 0.2) is 18.2 Å². The molecule has 1 aromatic rings. The molecule has 0 fully saturated rings. The van der Waals surface area contributed by atoms with Crippen LogP contribution in [0, 0.1) is 6.92 Å². The molecule has 0 bridgehead atoms. The van der Waals surface area contributed by atoms with Crippen LogP contribution in [0.3, 0.4) is 0 Å². The highest BCUT2D eigenvalue weighted by Crippen LogP contribution is 2.19. The van der Waals surface area contributed by atoms with Gasteiger partial charge in [-0.3, -0.25) is 4.79 Å². The van der Waals surface area contributed by atoms with Crippen LogP contribution in [0.25, 0.3) is 0 Å². The van der Waals surface area contributed by atoms with Crippen LogP contribution < -0.4 is 11.1 Å². The summed E-state index contributed by atoms with van der Waals surface area (Å²) in [6, 6.07) is 5.58. The van der Waals surface area contributed by atoms with E-state index >= 15 is 0 Å². The number of benzene rings is 1. The van der Waals surface area contributed by atoms with Crippen LogP contribution in [-0.2, 0) is 4.79 Å². The van der Waals surface area contributed by atoms with E-state index < -0.39 is 0 Å². The van der Waals surface area contributed by atoms with Crippen LogP contribution in [0.4, 0.5) is 11.4 Å². The van der Waals surface area contributed by atoms with E-state index in [1.165, 1.54) is 11.8 Å². The molecule has 0 unspecified atom stereocenters. The van der Waals surface area contributed by atoms with Gasteiger partial charge < -0.3 is 11.1 Å². The lowest BCUT2D eigenvalue weighted by Gasteiger charge is -2.08. The van der Waals surface area contributed by atoms with Gasteiger partial charge in [-0.25, -0.2) is 0 Å². The highest BCUT2D eigenvalue weighted by atomic mass is 32.2. The van der Waals surface area contributed by atoms with Crippen LogP contribution in [0.2, 0.25) is 0 Å². The molecule has 0 atom stereocenters. The minimum absolute atomic E-state index is 0.0187. The van der Waals surface area contributed by atoms with Gasteiger partial charge in [-0.05, 0) is 30.9 Å². The molecular formula is C10H14N2OS. The van der Waals surface area contributed by atoms with Crippen LogP contribution >= 0.6 is 11.8 Å². The molecule has 4 heteroatoms. The number of nitrogen functional groups attached to an aromatic ring is 1. The van der Waals surface area contributed by atoms with Gasteiger partial charge in [-0.2, -0.15) is 11.8 Å². The number of carbonyl (C=O) groups excluding carboxylic acids is 1. The molecule has 0 aliphatic heterocycles. The normalized spacial score (nSPS) is 9.86. The fourth-order valence-electron chi connectivity index (χ4n) is 1.10. The van der Waals surface area contributed by atoms with E-state index in [9.17, 15) is 4.79 Å². The Kier molecular flexibility index (Phi) is 3.83. The maximum Gasteiger partial charge on any atom is 0.234 e. The van der Waals surface area contributed by atoms with Gasteiger partial charge in [0.1, 0.15) is 0 Å². The van der Waals surface area contributed by atoms with Gasteiger partial charge in [0.05, 0.1) is 17.1 Å². The Morgan fingerprint density at radius 1 is 1.57 bits per heavy atom. The maximum atomic E-state index is 11.3. The molecule has 0 aliphatic carbocycles. The van der Waals surface area contributed by atoms with Gasteiger partial charge in [0.2, 0.25) is 5.91 Å². The van der Waals surface area contributed by atoms with E-state index in [0.29, 0.717) is 17.1 Å². The van der Waals surface area contributed by atoms with Gasteiger partial charge in [-0.1, -0.05) is 6.07 Å². The van der Waals surface area contributed by atoms with Crippen LogP contribution in [-0.4, -0.2) is 17.9 Å². The summed E-state index contributed by atoms with van der Waals surface area (Å²) >= 11 is 1.49. The zero-order valence-corrected chi connectivity index (χ0v) is 9.15. The molecule has 0 saturated carbocycles. The minimum Gasteiger partial charge on any atom is -0.397 e. The Hall–Kier alpha value is -1.16. The lowest BCUT2D eigenvalue weighted by Crippen LogP contribution is -2.15. The van der Waals surface area contributed by atoms with E-state index in [0.717, 1.165) is 5.56 Å². The summed E-state index contributed by atoms with van der Waals surface area (Å²) in [6.07, 6.45) is 1.89. The molecule has 14 heavy (non-hydrogen) atoms. The summed E-state index contributed by atoms with van der Waals surface area (Å²) in [7, 11) is 0. The Morgan fingerprint density at radius 3 is 2.93 bits per heavy atom. The second-order valence-electron chi connectivity index (χ2n) is 3.07. The third-order valence-electron chi connectivity index (χ3n) is 1.76. The molecule has 0 spiro atoms. The van der Waals surface area contributed by atoms with Crippen molar-refractivity contribution in [3.63, 3.8) is 0 Å². The predicted octanol–water partition coefficient (Wildman–Crippen LogP) is 1.88.